The van der Waals surface area contributed by atoms with E-state index in [1.54, 1.807) is 14.2 Å². The summed E-state index contributed by atoms with van der Waals surface area (Å²) in [5.74, 6) is -0.115. The monoisotopic (exact) mass is 504 g/mol. The molecule has 1 aliphatic heterocycles. The highest BCUT2D eigenvalue weighted by Gasteiger charge is 2.40. The summed E-state index contributed by atoms with van der Waals surface area (Å²) in [5.41, 5.74) is 2.08. The predicted octanol–water partition coefficient (Wildman–Crippen LogP) is 4.59. The van der Waals surface area contributed by atoms with E-state index in [1.165, 1.54) is 5.56 Å². The molecule has 7 atom stereocenters. The Hall–Kier alpha value is -1.96. The zero-order valence-electron chi connectivity index (χ0n) is 23.3. The minimum absolute atomic E-state index is 0.0259. The minimum Gasteiger partial charge on any atom is -0.386 e. The smallest absolute Gasteiger partial charge is 0.225 e. The topological polar surface area (TPSA) is 88.1 Å². The minimum atomic E-state index is -0.817. The standard InChI is InChI=1S/C29H48N2O5/c1-8-11-22(9-2)23-13-15-24(16-14-23)27(33)21(5)30-29(34)20(4)28(36-7)25-12-10-17-31(25)26(32)18-19(3)35-6/h13-16,19-22,25,27-28,33H,8-12,17-18H2,1-7H3,(H,30,34)/t19-,20+,21+,22?,25-,27+,28+/m0/s1. The highest BCUT2D eigenvalue weighted by Crippen LogP contribution is 2.29. The van der Waals surface area contributed by atoms with E-state index in [-0.39, 0.29) is 24.0 Å². The van der Waals surface area contributed by atoms with Crippen LogP contribution in [0.25, 0.3) is 0 Å². The lowest BCUT2D eigenvalue weighted by Crippen LogP contribution is -2.51. The van der Waals surface area contributed by atoms with Gasteiger partial charge >= 0.3 is 0 Å². The molecule has 1 aliphatic rings. The number of aliphatic hydroxyl groups is 1. The fourth-order valence-corrected chi connectivity index (χ4v) is 5.38. The van der Waals surface area contributed by atoms with Crippen LogP contribution in [0.4, 0.5) is 0 Å². The van der Waals surface area contributed by atoms with Gasteiger partial charge in [0.2, 0.25) is 11.8 Å². The Morgan fingerprint density at radius 3 is 2.28 bits per heavy atom. The molecule has 0 radical (unpaired) electrons. The molecule has 7 heteroatoms. The normalized spacial score (nSPS) is 20.9. The van der Waals surface area contributed by atoms with Crippen LogP contribution >= 0.6 is 0 Å². The second-order valence-corrected chi connectivity index (χ2v) is 10.3. The summed E-state index contributed by atoms with van der Waals surface area (Å²) in [6.45, 7) is 10.6. The summed E-state index contributed by atoms with van der Waals surface area (Å²) in [5, 5.41) is 13.9. The molecule has 1 aromatic rings. The first-order valence-corrected chi connectivity index (χ1v) is 13.6. The molecule has 0 aliphatic carbocycles. The summed E-state index contributed by atoms with van der Waals surface area (Å²) in [6, 6.07) is 7.49. The number of carbonyl (C=O) groups is 2. The van der Waals surface area contributed by atoms with Gasteiger partial charge in [-0.1, -0.05) is 51.5 Å². The van der Waals surface area contributed by atoms with Crippen LogP contribution in [-0.4, -0.2) is 66.9 Å². The number of rotatable bonds is 14. The fraction of sp³-hybridized carbons (Fsp3) is 0.724. The number of hydrogen-bond donors (Lipinski definition) is 2. The van der Waals surface area contributed by atoms with Crippen LogP contribution in [0.5, 0.6) is 0 Å². The lowest BCUT2D eigenvalue weighted by Gasteiger charge is -2.35. The van der Waals surface area contributed by atoms with Crippen molar-refractivity contribution in [3.05, 3.63) is 35.4 Å². The number of ether oxygens (including phenoxy) is 2. The van der Waals surface area contributed by atoms with Crippen LogP contribution in [0.15, 0.2) is 24.3 Å². The van der Waals surface area contributed by atoms with Crippen LogP contribution in [0.1, 0.15) is 96.3 Å². The molecule has 2 N–H and O–H groups in total. The lowest BCUT2D eigenvalue weighted by atomic mass is 9.90. The Kier molecular flexibility index (Phi) is 12.4. The fourth-order valence-electron chi connectivity index (χ4n) is 5.38. The Balaban J connectivity index is 2.02. The van der Waals surface area contributed by atoms with E-state index in [9.17, 15) is 14.7 Å². The molecular weight excluding hydrogens is 456 g/mol. The van der Waals surface area contributed by atoms with E-state index in [2.05, 4.69) is 31.3 Å². The molecule has 1 heterocycles. The molecule has 0 aromatic heterocycles. The van der Waals surface area contributed by atoms with Gasteiger partial charge in [0.15, 0.2) is 0 Å². The van der Waals surface area contributed by atoms with Crippen molar-refractivity contribution in [2.45, 2.75) is 109 Å². The maximum absolute atomic E-state index is 13.2. The van der Waals surface area contributed by atoms with Crippen molar-refractivity contribution in [3.8, 4) is 0 Å². The van der Waals surface area contributed by atoms with Crippen LogP contribution in [0.2, 0.25) is 0 Å². The first-order chi connectivity index (χ1) is 17.2. The van der Waals surface area contributed by atoms with Gasteiger partial charge in [0.1, 0.15) is 0 Å². The second kappa shape index (κ2) is 14.7. The van der Waals surface area contributed by atoms with Crippen molar-refractivity contribution >= 4 is 11.8 Å². The first kappa shape index (κ1) is 30.3. The van der Waals surface area contributed by atoms with Gasteiger partial charge in [-0.15, -0.1) is 0 Å². The molecule has 204 valence electrons. The van der Waals surface area contributed by atoms with Crippen molar-refractivity contribution in [1.82, 2.24) is 10.2 Å². The number of amides is 2. The van der Waals surface area contributed by atoms with Crippen molar-refractivity contribution in [2.75, 3.05) is 20.8 Å². The van der Waals surface area contributed by atoms with Gasteiger partial charge in [-0.3, -0.25) is 9.59 Å². The van der Waals surface area contributed by atoms with Crippen molar-refractivity contribution in [1.29, 1.82) is 0 Å². The Bertz CT molecular complexity index is 814. The van der Waals surface area contributed by atoms with Gasteiger partial charge in [0, 0.05) is 20.8 Å². The lowest BCUT2D eigenvalue weighted by molar-refractivity contribution is -0.141. The number of nitrogens with one attached hydrogen (secondary N) is 1. The average Bonchev–Trinajstić information content (AvgIpc) is 3.36. The highest BCUT2D eigenvalue weighted by molar-refractivity contribution is 5.80. The van der Waals surface area contributed by atoms with Gasteiger partial charge in [-0.05, 0) is 56.6 Å². The number of likely N-dealkylation sites (tertiary alicyclic amines) is 1. The maximum Gasteiger partial charge on any atom is 0.225 e. The third-order valence-electron chi connectivity index (χ3n) is 7.76. The number of benzene rings is 1. The quantitative estimate of drug-likeness (QED) is 0.387. The highest BCUT2D eigenvalue weighted by atomic mass is 16.5. The van der Waals surface area contributed by atoms with Gasteiger partial charge in [0.05, 0.1) is 42.7 Å². The molecule has 1 fully saturated rings. The van der Waals surface area contributed by atoms with Crippen LogP contribution in [-0.2, 0) is 19.1 Å². The average molecular weight is 505 g/mol. The molecule has 1 saturated heterocycles. The zero-order chi connectivity index (χ0) is 26.8. The Morgan fingerprint density at radius 2 is 1.72 bits per heavy atom. The third-order valence-corrected chi connectivity index (χ3v) is 7.76. The van der Waals surface area contributed by atoms with E-state index in [0.717, 1.165) is 37.7 Å². The Labute approximate surface area is 217 Å². The number of methoxy groups -OCH3 is 2. The van der Waals surface area contributed by atoms with Crippen LogP contribution < -0.4 is 5.32 Å². The van der Waals surface area contributed by atoms with E-state index < -0.39 is 24.2 Å². The summed E-state index contributed by atoms with van der Waals surface area (Å²) < 4.78 is 11.0. The number of carbonyl (C=O) groups excluding carboxylic acids is 2. The van der Waals surface area contributed by atoms with Gasteiger partial charge in [-0.25, -0.2) is 0 Å². The molecule has 1 unspecified atom stereocenters. The van der Waals surface area contributed by atoms with E-state index in [4.69, 9.17) is 9.47 Å². The Morgan fingerprint density at radius 1 is 1.08 bits per heavy atom. The van der Waals surface area contributed by atoms with E-state index in [0.29, 0.717) is 18.9 Å². The number of aliphatic hydroxyl groups excluding tert-OH is 1. The number of hydrogen-bond acceptors (Lipinski definition) is 5. The summed E-state index contributed by atoms with van der Waals surface area (Å²) in [6.07, 6.45) is 3.98. The van der Waals surface area contributed by atoms with Crippen LogP contribution in [0, 0.1) is 5.92 Å². The van der Waals surface area contributed by atoms with Gasteiger partial charge in [0.25, 0.3) is 0 Å². The van der Waals surface area contributed by atoms with Gasteiger partial charge in [-0.2, -0.15) is 0 Å². The van der Waals surface area contributed by atoms with E-state index in [1.807, 2.05) is 37.8 Å². The first-order valence-electron chi connectivity index (χ1n) is 13.6. The molecule has 2 amide bonds. The van der Waals surface area contributed by atoms with E-state index >= 15 is 0 Å². The molecule has 2 rings (SSSR count). The number of nitrogens with zero attached hydrogens (tertiary/aromatic N) is 1. The SMILES string of the molecule is CCCC(CC)c1ccc([C@H](O)[C@@H](C)NC(=O)[C@H](C)[C@@H](OC)[C@@H]2CCCN2C(=O)C[C@H](C)OC)cc1. The molecule has 0 saturated carbocycles. The van der Waals surface area contributed by atoms with Crippen molar-refractivity contribution in [2.24, 2.45) is 5.92 Å². The maximum atomic E-state index is 13.2. The van der Waals surface area contributed by atoms with Gasteiger partial charge < -0.3 is 24.8 Å². The second-order valence-electron chi connectivity index (χ2n) is 10.3. The third kappa shape index (κ3) is 7.77. The molecular formula is C29H48N2O5. The van der Waals surface area contributed by atoms with Crippen LogP contribution in [0.3, 0.4) is 0 Å². The molecule has 36 heavy (non-hydrogen) atoms. The summed E-state index contributed by atoms with van der Waals surface area (Å²) in [4.78, 5) is 27.9. The molecule has 0 spiro atoms. The summed E-state index contributed by atoms with van der Waals surface area (Å²) >= 11 is 0. The predicted molar refractivity (Wildman–Crippen MR) is 143 cm³/mol. The largest absolute Gasteiger partial charge is 0.386 e. The van der Waals surface area contributed by atoms with Crippen molar-refractivity contribution in [3.63, 3.8) is 0 Å². The molecule has 1 aromatic carbocycles. The molecule has 0 bridgehead atoms. The van der Waals surface area contributed by atoms with Crippen molar-refractivity contribution < 1.29 is 24.2 Å². The summed E-state index contributed by atoms with van der Waals surface area (Å²) in [7, 11) is 3.19. The molecule has 7 nitrogen and oxygen atoms in total. The zero-order valence-corrected chi connectivity index (χ0v) is 23.3.